The van der Waals surface area contributed by atoms with Gasteiger partial charge in [0.05, 0.1) is 17.8 Å². The Bertz CT molecular complexity index is 671. The molecule has 2 N–H and O–H groups in total. The number of methoxy groups -OCH3 is 1. The molecule has 1 amide bonds. The first-order valence-electron chi connectivity index (χ1n) is 7.35. The lowest BCUT2D eigenvalue weighted by Crippen LogP contribution is -2.50. The van der Waals surface area contributed by atoms with Crippen LogP contribution in [0, 0.1) is 13.8 Å². The quantitative estimate of drug-likeness (QED) is 0.810. The number of aryl methyl sites for hydroxylation is 2. The predicted octanol–water partition coefficient (Wildman–Crippen LogP) is 2.54. The van der Waals surface area contributed by atoms with Crippen LogP contribution in [0.15, 0.2) is 16.5 Å². The number of rotatable bonds is 7. The molecule has 0 saturated heterocycles. The maximum Gasteiger partial charge on any atom is 0.263 e. The van der Waals surface area contributed by atoms with E-state index in [2.05, 4.69) is 10.3 Å². The van der Waals surface area contributed by atoms with Crippen LogP contribution in [-0.2, 0) is 4.74 Å². The monoisotopic (exact) mass is 338 g/mol. The molecule has 1 atom stereocenters. The van der Waals surface area contributed by atoms with Crippen molar-refractivity contribution in [2.75, 3.05) is 20.3 Å². The van der Waals surface area contributed by atoms with Crippen molar-refractivity contribution in [3.05, 3.63) is 28.5 Å². The Morgan fingerprint density at radius 1 is 1.48 bits per heavy atom. The second-order valence-electron chi connectivity index (χ2n) is 5.77. The third-order valence-electron chi connectivity index (χ3n) is 3.50. The summed E-state index contributed by atoms with van der Waals surface area (Å²) in [6.45, 7) is 5.80. The lowest BCUT2D eigenvalue weighted by molar-refractivity contribution is 0.0728. The van der Waals surface area contributed by atoms with E-state index >= 15 is 0 Å². The van der Waals surface area contributed by atoms with Crippen LogP contribution in [0.2, 0.25) is 0 Å². The number of carbonyl (C=O) groups excluding carboxylic acids is 1. The zero-order valence-corrected chi connectivity index (χ0v) is 14.6. The lowest BCUT2D eigenvalue weighted by Gasteiger charge is -2.29. The summed E-state index contributed by atoms with van der Waals surface area (Å²) in [5.74, 6) is 1.24. The average molecular weight is 338 g/mol. The van der Waals surface area contributed by atoms with Gasteiger partial charge < -0.3 is 19.6 Å². The number of hydrogen-bond donors (Lipinski definition) is 2. The summed E-state index contributed by atoms with van der Waals surface area (Å²) in [6.07, 6.45) is 0.411. The second-order valence-corrected chi connectivity index (χ2v) is 6.76. The largest absolute Gasteiger partial charge is 0.459 e. The minimum atomic E-state index is -0.627. The molecule has 2 aromatic heterocycles. The minimum absolute atomic E-state index is 0.0290. The number of amides is 1. The molecule has 1 unspecified atom stereocenters. The fourth-order valence-electron chi connectivity index (χ4n) is 2.33. The molecule has 0 radical (unpaired) electrons. The van der Waals surface area contributed by atoms with Crippen molar-refractivity contribution >= 4 is 17.2 Å². The summed E-state index contributed by atoms with van der Waals surface area (Å²) in [5, 5.41) is 12.8. The molecule has 0 aliphatic carbocycles. The molecule has 2 heterocycles. The Hall–Kier alpha value is -1.70. The highest BCUT2D eigenvalue weighted by molar-refractivity contribution is 7.17. The van der Waals surface area contributed by atoms with Gasteiger partial charge in [-0.15, -0.1) is 11.3 Å². The zero-order valence-electron chi connectivity index (χ0n) is 13.8. The normalized spacial score (nSPS) is 13.8. The molecular formula is C16H22N2O4S. The number of aliphatic hydroxyl groups excluding tert-OH is 1. The molecule has 0 aliphatic heterocycles. The molecule has 0 bridgehead atoms. The Labute approximate surface area is 139 Å². The number of furan rings is 1. The molecule has 0 spiro atoms. The summed E-state index contributed by atoms with van der Waals surface area (Å²) in [7, 11) is 1.57. The van der Waals surface area contributed by atoms with Crippen LogP contribution < -0.4 is 5.32 Å². The van der Waals surface area contributed by atoms with Gasteiger partial charge in [0.25, 0.3) is 5.91 Å². The Balaban J connectivity index is 2.21. The maximum atomic E-state index is 12.6. The standard InChI is InChI=1S/C16H22N2O4S/c1-10-5-6-12(22-10)15-17-11(2)13(23-15)14(20)18-16(3,7-8-19)9-21-4/h5-6,19H,7-9H2,1-4H3,(H,18,20). The van der Waals surface area contributed by atoms with E-state index in [0.717, 1.165) is 5.76 Å². The van der Waals surface area contributed by atoms with Gasteiger partial charge in [-0.3, -0.25) is 4.79 Å². The van der Waals surface area contributed by atoms with E-state index in [1.165, 1.54) is 11.3 Å². The van der Waals surface area contributed by atoms with Crippen molar-refractivity contribution in [3.63, 3.8) is 0 Å². The predicted molar refractivity (Wildman–Crippen MR) is 88.7 cm³/mol. The van der Waals surface area contributed by atoms with E-state index in [9.17, 15) is 9.90 Å². The molecule has 126 valence electrons. The maximum absolute atomic E-state index is 12.6. The summed E-state index contributed by atoms with van der Waals surface area (Å²) in [5.41, 5.74) is 0.0265. The number of carbonyl (C=O) groups is 1. The average Bonchev–Trinajstić information content (AvgIpc) is 3.05. The number of nitrogens with zero attached hydrogens (tertiary/aromatic N) is 1. The van der Waals surface area contributed by atoms with E-state index < -0.39 is 5.54 Å². The van der Waals surface area contributed by atoms with Gasteiger partial charge in [-0.25, -0.2) is 4.98 Å². The number of nitrogens with one attached hydrogen (secondary N) is 1. The third kappa shape index (κ3) is 4.19. The fourth-order valence-corrected chi connectivity index (χ4v) is 3.25. The molecule has 0 fully saturated rings. The lowest BCUT2D eigenvalue weighted by atomic mass is 9.99. The summed E-state index contributed by atoms with van der Waals surface area (Å²) >= 11 is 1.29. The van der Waals surface area contributed by atoms with Crippen molar-refractivity contribution in [1.29, 1.82) is 0 Å². The van der Waals surface area contributed by atoms with E-state index in [4.69, 9.17) is 9.15 Å². The van der Waals surface area contributed by atoms with Crippen LogP contribution in [0.1, 0.15) is 34.5 Å². The van der Waals surface area contributed by atoms with Crippen LogP contribution in [0.3, 0.4) is 0 Å². The molecule has 2 aromatic rings. The van der Waals surface area contributed by atoms with Crippen molar-refractivity contribution < 1.29 is 19.1 Å². The number of ether oxygens (including phenoxy) is 1. The first-order valence-corrected chi connectivity index (χ1v) is 8.17. The number of aliphatic hydroxyl groups is 1. The third-order valence-corrected chi connectivity index (χ3v) is 4.67. The van der Waals surface area contributed by atoms with Crippen molar-refractivity contribution in [2.45, 2.75) is 32.7 Å². The van der Waals surface area contributed by atoms with Gasteiger partial charge in [-0.05, 0) is 39.3 Å². The van der Waals surface area contributed by atoms with Gasteiger partial charge in [0.1, 0.15) is 10.6 Å². The SMILES string of the molecule is COCC(C)(CCO)NC(=O)c1sc(-c2ccc(C)o2)nc1C. The number of aromatic nitrogens is 1. The van der Waals surface area contributed by atoms with Gasteiger partial charge in [0.2, 0.25) is 0 Å². The van der Waals surface area contributed by atoms with Crippen molar-refractivity contribution in [2.24, 2.45) is 0 Å². The smallest absolute Gasteiger partial charge is 0.263 e. The van der Waals surface area contributed by atoms with E-state index in [1.807, 2.05) is 26.0 Å². The molecule has 0 aliphatic rings. The Kier molecular flexibility index (Phi) is 5.56. The van der Waals surface area contributed by atoms with Crippen LogP contribution in [-0.4, -0.2) is 41.9 Å². The first kappa shape index (κ1) is 17.7. The van der Waals surface area contributed by atoms with Gasteiger partial charge in [-0.2, -0.15) is 0 Å². The second kappa shape index (κ2) is 7.25. The van der Waals surface area contributed by atoms with Crippen LogP contribution in [0.5, 0.6) is 0 Å². The van der Waals surface area contributed by atoms with Crippen molar-refractivity contribution in [3.8, 4) is 10.8 Å². The van der Waals surface area contributed by atoms with Crippen molar-refractivity contribution in [1.82, 2.24) is 10.3 Å². The topological polar surface area (TPSA) is 84.6 Å². The highest BCUT2D eigenvalue weighted by Crippen LogP contribution is 2.29. The fraction of sp³-hybridized carbons (Fsp3) is 0.500. The van der Waals surface area contributed by atoms with E-state index in [0.29, 0.717) is 34.4 Å². The molecule has 6 nitrogen and oxygen atoms in total. The van der Waals surface area contributed by atoms with Gasteiger partial charge >= 0.3 is 0 Å². The van der Waals surface area contributed by atoms with Crippen LogP contribution in [0.4, 0.5) is 0 Å². The van der Waals surface area contributed by atoms with E-state index in [-0.39, 0.29) is 12.5 Å². The van der Waals surface area contributed by atoms with Crippen LogP contribution >= 0.6 is 11.3 Å². The number of hydrogen-bond acceptors (Lipinski definition) is 6. The highest BCUT2D eigenvalue weighted by Gasteiger charge is 2.28. The number of thiazole rings is 1. The highest BCUT2D eigenvalue weighted by atomic mass is 32.1. The molecule has 0 saturated carbocycles. The minimum Gasteiger partial charge on any atom is -0.459 e. The van der Waals surface area contributed by atoms with Gasteiger partial charge in [-0.1, -0.05) is 0 Å². The summed E-state index contributed by atoms with van der Waals surface area (Å²) in [4.78, 5) is 17.5. The Morgan fingerprint density at radius 2 is 2.22 bits per heavy atom. The molecule has 7 heteroatoms. The molecule has 23 heavy (non-hydrogen) atoms. The molecular weight excluding hydrogens is 316 g/mol. The van der Waals surface area contributed by atoms with Crippen LogP contribution in [0.25, 0.3) is 10.8 Å². The first-order chi connectivity index (χ1) is 10.9. The van der Waals surface area contributed by atoms with Gasteiger partial charge in [0, 0.05) is 13.7 Å². The molecule has 0 aromatic carbocycles. The Morgan fingerprint density at radius 3 is 2.78 bits per heavy atom. The summed E-state index contributed by atoms with van der Waals surface area (Å²) < 4.78 is 10.7. The summed E-state index contributed by atoms with van der Waals surface area (Å²) in [6, 6.07) is 3.71. The molecule has 2 rings (SSSR count). The van der Waals surface area contributed by atoms with Gasteiger partial charge in [0.15, 0.2) is 10.8 Å². The zero-order chi connectivity index (χ0) is 17.0. The van der Waals surface area contributed by atoms with E-state index in [1.54, 1.807) is 14.0 Å².